The number of imidazole rings is 1. The molecule has 0 bridgehead atoms. The number of ether oxygens (including phenoxy) is 1. The van der Waals surface area contributed by atoms with Crippen molar-refractivity contribution >= 4 is 38.9 Å². The van der Waals surface area contributed by atoms with Gasteiger partial charge in [0.1, 0.15) is 5.82 Å². The van der Waals surface area contributed by atoms with Crippen LogP contribution in [0.5, 0.6) is 0 Å². The van der Waals surface area contributed by atoms with Crippen LogP contribution < -0.4 is 0 Å². The van der Waals surface area contributed by atoms with Gasteiger partial charge in [-0.05, 0) is 43.0 Å². The Hall–Kier alpha value is -2.46. The van der Waals surface area contributed by atoms with E-state index in [9.17, 15) is 17.6 Å². The van der Waals surface area contributed by atoms with Crippen molar-refractivity contribution in [1.29, 1.82) is 0 Å². The number of carbonyl (C=O) groups excluding carboxylic acids is 1. The van der Waals surface area contributed by atoms with E-state index in [1.807, 2.05) is 13.8 Å². The van der Waals surface area contributed by atoms with Crippen LogP contribution in [-0.2, 0) is 33.4 Å². The summed E-state index contributed by atoms with van der Waals surface area (Å²) in [6.07, 6.45) is 2.93. The lowest BCUT2D eigenvalue weighted by Crippen LogP contribution is -2.35. The molecule has 0 unspecified atom stereocenters. The van der Waals surface area contributed by atoms with E-state index in [-0.39, 0.29) is 46.8 Å². The number of hydrogen-bond acceptors (Lipinski definition) is 5. The third kappa shape index (κ3) is 6.75. The zero-order chi connectivity index (χ0) is 27.4. The first-order valence-corrected chi connectivity index (χ1v) is 14.8. The number of halogens is 3. The van der Waals surface area contributed by atoms with Gasteiger partial charge in [-0.25, -0.2) is 17.8 Å². The molecule has 3 aromatic rings. The molecule has 1 fully saturated rings. The van der Waals surface area contributed by atoms with Crippen molar-refractivity contribution in [2.24, 2.45) is 5.92 Å². The number of hydrogen-bond donors (Lipinski definition) is 0. The molecule has 1 aromatic heterocycles. The molecule has 1 amide bonds. The van der Waals surface area contributed by atoms with Gasteiger partial charge in [0.05, 0.1) is 47.4 Å². The Morgan fingerprint density at radius 3 is 2.66 bits per heavy atom. The van der Waals surface area contributed by atoms with E-state index < -0.39 is 21.4 Å². The summed E-state index contributed by atoms with van der Waals surface area (Å²) in [5, 5.41) is 0.478. The van der Waals surface area contributed by atoms with E-state index >= 15 is 0 Å². The molecule has 0 radical (unpaired) electrons. The largest absolute Gasteiger partial charge is 0.376 e. The van der Waals surface area contributed by atoms with Crippen LogP contribution in [0.4, 0.5) is 4.39 Å². The fourth-order valence-electron chi connectivity index (χ4n) is 4.53. The Morgan fingerprint density at radius 2 is 2.00 bits per heavy atom. The Balaban J connectivity index is 1.70. The number of sulfone groups is 1. The van der Waals surface area contributed by atoms with E-state index in [4.69, 9.17) is 27.9 Å². The van der Waals surface area contributed by atoms with Crippen LogP contribution in [0, 0.1) is 11.7 Å². The molecular formula is C27H30Cl2FN3O4S. The summed E-state index contributed by atoms with van der Waals surface area (Å²) in [6, 6.07) is 10.5. The molecule has 2 aromatic carbocycles. The van der Waals surface area contributed by atoms with Gasteiger partial charge in [0.15, 0.2) is 0 Å². The maximum absolute atomic E-state index is 14.3. The van der Waals surface area contributed by atoms with Gasteiger partial charge in [-0.2, -0.15) is 0 Å². The minimum atomic E-state index is -4.01. The van der Waals surface area contributed by atoms with Crippen molar-refractivity contribution in [1.82, 2.24) is 14.5 Å². The third-order valence-corrected chi connectivity index (χ3v) is 8.40. The van der Waals surface area contributed by atoms with Crippen molar-refractivity contribution in [3.05, 3.63) is 81.3 Å². The molecular weight excluding hydrogens is 552 g/mol. The van der Waals surface area contributed by atoms with Crippen molar-refractivity contribution in [2.75, 3.05) is 13.2 Å². The quantitative estimate of drug-likeness (QED) is 0.303. The average Bonchev–Trinajstić information content (AvgIpc) is 3.50. The first-order valence-electron chi connectivity index (χ1n) is 12.4. The number of amides is 1. The van der Waals surface area contributed by atoms with E-state index in [0.717, 1.165) is 12.8 Å². The maximum Gasteiger partial charge on any atom is 0.255 e. The fraction of sp³-hybridized carbons (Fsp3) is 0.407. The highest BCUT2D eigenvalue weighted by Crippen LogP contribution is 2.26. The highest BCUT2D eigenvalue weighted by molar-refractivity contribution is 7.90. The van der Waals surface area contributed by atoms with E-state index in [2.05, 4.69) is 4.98 Å². The van der Waals surface area contributed by atoms with Gasteiger partial charge in [0, 0.05) is 23.7 Å². The molecule has 1 aliphatic heterocycles. The second-order valence-corrected chi connectivity index (χ2v) is 12.6. The standard InChI is InChI=1S/C27H30Cl2FN3O4S/c1-18(2)14-32(26(34)23-10-9-20(28)12-24(23)29)15-21-13-31-27(33(21)16-22-7-5-11-37-22)38(35,36)17-19-6-3-4-8-25(19)30/h3-4,6,8-10,12-13,18,22H,5,7,11,14-17H2,1-2H3/t22-/m0/s1. The van der Waals surface area contributed by atoms with Crippen molar-refractivity contribution in [2.45, 2.75) is 56.8 Å². The normalized spacial score (nSPS) is 15.8. The summed E-state index contributed by atoms with van der Waals surface area (Å²) in [4.78, 5) is 19.4. The Kier molecular flexibility index (Phi) is 9.13. The predicted octanol–water partition coefficient (Wildman–Crippen LogP) is 5.78. The first-order chi connectivity index (χ1) is 18.0. The highest BCUT2D eigenvalue weighted by Gasteiger charge is 2.29. The van der Waals surface area contributed by atoms with Crippen molar-refractivity contribution in [3.8, 4) is 0 Å². The molecule has 11 heteroatoms. The van der Waals surface area contributed by atoms with E-state index in [0.29, 0.717) is 29.4 Å². The second kappa shape index (κ2) is 12.2. The monoisotopic (exact) mass is 581 g/mol. The number of nitrogens with zero attached hydrogens (tertiary/aromatic N) is 3. The molecule has 0 saturated carbocycles. The summed E-state index contributed by atoms with van der Waals surface area (Å²) >= 11 is 12.3. The maximum atomic E-state index is 14.3. The molecule has 0 aliphatic carbocycles. The molecule has 204 valence electrons. The topological polar surface area (TPSA) is 81.5 Å². The van der Waals surface area contributed by atoms with Gasteiger partial charge in [-0.15, -0.1) is 0 Å². The lowest BCUT2D eigenvalue weighted by Gasteiger charge is -2.26. The average molecular weight is 583 g/mol. The fourth-order valence-corrected chi connectivity index (χ4v) is 6.53. The lowest BCUT2D eigenvalue weighted by molar-refractivity contribution is 0.0711. The zero-order valence-corrected chi connectivity index (χ0v) is 23.6. The number of rotatable bonds is 10. The van der Waals surface area contributed by atoms with Gasteiger partial charge in [-0.3, -0.25) is 4.79 Å². The molecule has 1 atom stereocenters. The number of aromatic nitrogens is 2. The van der Waals surface area contributed by atoms with Crippen LogP contribution in [0.2, 0.25) is 10.0 Å². The second-order valence-electron chi connectivity index (χ2n) is 9.83. The summed E-state index contributed by atoms with van der Waals surface area (Å²) in [5.74, 6) is -1.30. The smallest absolute Gasteiger partial charge is 0.255 e. The molecule has 0 spiro atoms. The van der Waals surface area contributed by atoms with Gasteiger partial charge < -0.3 is 14.2 Å². The van der Waals surface area contributed by atoms with E-state index in [1.165, 1.54) is 30.5 Å². The van der Waals surface area contributed by atoms with Gasteiger partial charge in [0.25, 0.3) is 5.91 Å². The van der Waals surface area contributed by atoms with Crippen LogP contribution in [-0.4, -0.2) is 48.0 Å². The summed E-state index contributed by atoms with van der Waals surface area (Å²) in [5.41, 5.74) is 0.899. The molecule has 7 nitrogen and oxygen atoms in total. The zero-order valence-electron chi connectivity index (χ0n) is 21.2. The van der Waals surface area contributed by atoms with Crippen LogP contribution in [0.15, 0.2) is 53.8 Å². The third-order valence-electron chi connectivity index (χ3n) is 6.28. The minimum absolute atomic E-state index is 0.0645. The number of carbonyl (C=O) groups is 1. The molecule has 2 heterocycles. The highest BCUT2D eigenvalue weighted by atomic mass is 35.5. The first kappa shape index (κ1) is 28.5. The molecule has 1 saturated heterocycles. The van der Waals surface area contributed by atoms with Crippen LogP contribution in [0.1, 0.15) is 48.3 Å². The Morgan fingerprint density at radius 1 is 1.24 bits per heavy atom. The van der Waals surface area contributed by atoms with Crippen LogP contribution in [0.25, 0.3) is 0 Å². The Labute approximate surface area is 232 Å². The van der Waals surface area contributed by atoms with Crippen LogP contribution in [0.3, 0.4) is 0 Å². The lowest BCUT2D eigenvalue weighted by atomic mass is 10.1. The molecule has 0 N–H and O–H groups in total. The SMILES string of the molecule is CC(C)CN(Cc1cnc(S(=O)(=O)Cc2ccccc2F)n1C[C@@H]1CCCO1)C(=O)c1ccc(Cl)cc1Cl. The van der Waals surface area contributed by atoms with E-state index in [1.54, 1.807) is 27.7 Å². The molecule has 4 rings (SSSR count). The van der Waals surface area contributed by atoms with Crippen LogP contribution >= 0.6 is 23.2 Å². The summed E-state index contributed by atoms with van der Waals surface area (Å²) < 4.78 is 48.6. The Bertz CT molecular complexity index is 1410. The number of benzene rings is 2. The van der Waals surface area contributed by atoms with Crippen molar-refractivity contribution in [3.63, 3.8) is 0 Å². The minimum Gasteiger partial charge on any atom is -0.376 e. The summed E-state index contributed by atoms with van der Waals surface area (Å²) in [7, 11) is -4.01. The molecule has 1 aliphatic rings. The summed E-state index contributed by atoms with van der Waals surface area (Å²) in [6.45, 7) is 5.33. The molecule has 38 heavy (non-hydrogen) atoms. The van der Waals surface area contributed by atoms with Gasteiger partial charge in [0.2, 0.25) is 15.0 Å². The predicted molar refractivity (Wildman–Crippen MR) is 145 cm³/mol. The van der Waals surface area contributed by atoms with Crippen molar-refractivity contribution < 1.29 is 22.3 Å². The van der Waals surface area contributed by atoms with Gasteiger partial charge in [-0.1, -0.05) is 55.2 Å². The van der Waals surface area contributed by atoms with Gasteiger partial charge >= 0.3 is 0 Å².